The molecular formula is C28H38INO5S. The Labute approximate surface area is 232 Å². The van der Waals surface area contributed by atoms with Gasteiger partial charge in [-0.2, -0.15) is 0 Å². The molecule has 0 radical (unpaired) electrons. The molecule has 0 bridgehead atoms. The zero-order valence-electron chi connectivity index (χ0n) is 21.6. The molecule has 1 atom stereocenters. The molecule has 1 aromatic rings. The van der Waals surface area contributed by atoms with Gasteiger partial charge in [0.2, 0.25) is 5.91 Å². The Hall–Kier alpha value is -1.15. The van der Waals surface area contributed by atoms with Crippen LogP contribution in [0, 0.1) is 23.2 Å². The third-order valence-electron chi connectivity index (χ3n) is 7.25. The van der Waals surface area contributed by atoms with Crippen molar-refractivity contribution < 1.29 is 24.2 Å². The smallest absolute Gasteiger partial charge is 0.348 e. The summed E-state index contributed by atoms with van der Waals surface area (Å²) in [5.74, 6) is 5.42. The van der Waals surface area contributed by atoms with Gasteiger partial charge >= 0.3 is 5.97 Å². The fourth-order valence-corrected chi connectivity index (χ4v) is 6.91. The van der Waals surface area contributed by atoms with E-state index in [2.05, 4.69) is 34.4 Å². The second-order valence-electron chi connectivity index (χ2n) is 11.3. The van der Waals surface area contributed by atoms with E-state index in [9.17, 15) is 14.7 Å². The highest BCUT2D eigenvalue weighted by molar-refractivity contribution is 14.1. The minimum Gasteiger partial charge on any atom is -0.477 e. The van der Waals surface area contributed by atoms with E-state index in [0.717, 1.165) is 64.4 Å². The number of carboxylic acid groups (broad SMARTS) is 1. The van der Waals surface area contributed by atoms with E-state index in [1.54, 1.807) is 0 Å². The van der Waals surface area contributed by atoms with Crippen LogP contribution in [-0.2, 0) is 14.3 Å². The molecule has 3 aliphatic rings. The van der Waals surface area contributed by atoms with Crippen LogP contribution in [0.4, 0.5) is 5.69 Å². The summed E-state index contributed by atoms with van der Waals surface area (Å²) in [4.78, 5) is 29.1. The van der Waals surface area contributed by atoms with E-state index in [-0.39, 0.29) is 40.4 Å². The van der Waals surface area contributed by atoms with Crippen molar-refractivity contribution in [3.8, 4) is 11.8 Å². The standard InChI is InChI=1S/C28H38INO5S/c1-28(2,3)14-12-23-16-24(25(36-23)27(32)33)30(26(31)18-4-6-19(29)7-5-18)20-8-10-21(11-9-20)35-22-13-15-34-17-22/h16,18-22H,4-11,13,15,17H2,1-3H3,(H,32,33)/t18-,19-,20-,21+,22?. The summed E-state index contributed by atoms with van der Waals surface area (Å²) in [6.07, 6.45) is 8.45. The number of carboxylic acids is 1. The molecule has 8 heteroatoms. The van der Waals surface area contributed by atoms with Crippen LogP contribution in [0.15, 0.2) is 6.07 Å². The zero-order valence-corrected chi connectivity index (χ0v) is 24.5. The Kier molecular flexibility index (Phi) is 9.40. The van der Waals surface area contributed by atoms with Gasteiger partial charge in [-0.1, -0.05) is 34.4 Å². The quantitative estimate of drug-likeness (QED) is 0.228. The van der Waals surface area contributed by atoms with Gasteiger partial charge in [0.1, 0.15) is 4.88 Å². The number of thiophene rings is 1. The number of halogens is 1. The Morgan fingerprint density at radius 3 is 2.36 bits per heavy atom. The predicted octanol–water partition coefficient (Wildman–Crippen LogP) is 6.29. The van der Waals surface area contributed by atoms with Crippen LogP contribution in [-0.4, -0.2) is 52.4 Å². The van der Waals surface area contributed by atoms with Crippen molar-refractivity contribution in [3.05, 3.63) is 15.8 Å². The summed E-state index contributed by atoms with van der Waals surface area (Å²) >= 11 is 3.66. The van der Waals surface area contributed by atoms with Crippen LogP contribution >= 0.6 is 33.9 Å². The number of carbonyl (C=O) groups excluding carboxylic acids is 1. The Bertz CT molecular complexity index is 984. The molecule has 0 spiro atoms. The molecule has 1 saturated heterocycles. The minimum absolute atomic E-state index is 0.0226. The average Bonchev–Trinajstić information content (AvgIpc) is 3.49. The normalized spacial score (nSPS) is 28.8. The van der Waals surface area contributed by atoms with E-state index in [1.807, 2.05) is 31.7 Å². The molecule has 4 rings (SSSR count). The first kappa shape index (κ1) is 27.9. The molecule has 198 valence electrons. The summed E-state index contributed by atoms with van der Waals surface area (Å²) in [5.41, 5.74) is 0.338. The summed E-state index contributed by atoms with van der Waals surface area (Å²) in [7, 11) is 0. The summed E-state index contributed by atoms with van der Waals surface area (Å²) in [5, 5.41) is 10.1. The number of aromatic carboxylic acids is 1. The predicted molar refractivity (Wildman–Crippen MR) is 151 cm³/mol. The van der Waals surface area contributed by atoms with Crippen molar-refractivity contribution in [3.63, 3.8) is 0 Å². The lowest BCUT2D eigenvalue weighted by Crippen LogP contribution is -2.47. The maximum absolute atomic E-state index is 14.0. The van der Waals surface area contributed by atoms with Gasteiger partial charge in [-0.05, 0) is 84.6 Å². The monoisotopic (exact) mass is 627 g/mol. The molecule has 1 aliphatic heterocycles. The van der Waals surface area contributed by atoms with Gasteiger partial charge in [-0.25, -0.2) is 4.79 Å². The van der Waals surface area contributed by atoms with E-state index in [1.165, 1.54) is 11.3 Å². The van der Waals surface area contributed by atoms with Crippen LogP contribution in [0.3, 0.4) is 0 Å². The number of carbonyl (C=O) groups is 2. The topological polar surface area (TPSA) is 76.1 Å². The number of nitrogens with zero attached hydrogens (tertiary/aromatic N) is 1. The summed E-state index contributed by atoms with van der Waals surface area (Å²) < 4.78 is 12.3. The first-order chi connectivity index (χ1) is 17.1. The van der Waals surface area contributed by atoms with Crippen LogP contribution < -0.4 is 4.90 Å². The van der Waals surface area contributed by atoms with Gasteiger partial charge in [0, 0.05) is 27.9 Å². The average molecular weight is 628 g/mol. The third-order valence-corrected chi connectivity index (χ3v) is 9.53. The highest BCUT2D eigenvalue weighted by Crippen LogP contribution is 2.39. The maximum atomic E-state index is 14.0. The molecule has 1 unspecified atom stereocenters. The molecule has 1 aromatic heterocycles. The number of ether oxygens (including phenoxy) is 2. The molecule has 2 saturated carbocycles. The minimum atomic E-state index is -0.995. The fraction of sp³-hybridized carbons (Fsp3) is 0.714. The number of rotatable bonds is 6. The SMILES string of the molecule is CC(C)(C)C#Cc1cc(N(C(=O)[C@H]2CC[C@H](I)CC2)[C@H]2CC[C@@H](OC3CCOC3)CC2)c(C(=O)O)s1. The lowest BCUT2D eigenvalue weighted by Gasteiger charge is -2.39. The van der Waals surface area contributed by atoms with E-state index in [0.29, 0.717) is 21.1 Å². The van der Waals surface area contributed by atoms with Crippen LogP contribution in [0.25, 0.3) is 0 Å². The number of alkyl halides is 1. The van der Waals surface area contributed by atoms with Crippen molar-refractivity contribution in [2.75, 3.05) is 18.1 Å². The second kappa shape index (κ2) is 12.1. The molecule has 36 heavy (non-hydrogen) atoms. The highest BCUT2D eigenvalue weighted by atomic mass is 127. The fourth-order valence-electron chi connectivity index (χ4n) is 5.35. The van der Waals surface area contributed by atoms with Crippen LogP contribution in [0.5, 0.6) is 0 Å². The van der Waals surface area contributed by atoms with Crippen molar-refractivity contribution in [2.24, 2.45) is 11.3 Å². The zero-order chi connectivity index (χ0) is 25.9. The molecule has 2 heterocycles. The highest BCUT2D eigenvalue weighted by Gasteiger charge is 2.38. The largest absolute Gasteiger partial charge is 0.477 e. The van der Waals surface area contributed by atoms with Crippen molar-refractivity contribution in [1.29, 1.82) is 0 Å². The van der Waals surface area contributed by atoms with Crippen molar-refractivity contribution in [2.45, 2.75) is 101 Å². The first-order valence-electron chi connectivity index (χ1n) is 13.2. The van der Waals surface area contributed by atoms with E-state index in [4.69, 9.17) is 9.47 Å². The lowest BCUT2D eigenvalue weighted by atomic mass is 9.86. The third kappa shape index (κ3) is 7.24. The molecule has 2 aliphatic carbocycles. The molecule has 3 fully saturated rings. The van der Waals surface area contributed by atoms with Gasteiger partial charge in [0.25, 0.3) is 0 Å². The maximum Gasteiger partial charge on any atom is 0.348 e. The number of amides is 1. The summed E-state index contributed by atoms with van der Waals surface area (Å²) in [6.45, 7) is 7.52. The summed E-state index contributed by atoms with van der Waals surface area (Å²) in [6, 6.07) is 1.82. The van der Waals surface area contributed by atoms with Crippen LogP contribution in [0.1, 0.15) is 93.1 Å². The lowest BCUT2D eigenvalue weighted by molar-refractivity contribution is -0.124. The van der Waals surface area contributed by atoms with Gasteiger partial charge in [-0.3, -0.25) is 4.79 Å². The van der Waals surface area contributed by atoms with Crippen molar-refractivity contribution in [1.82, 2.24) is 0 Å². The van der Waals surface area contributed by atoms with Gasteiger partial charge in [0.05, 0.1) is 29.4 Å². The molecule has 1 N–H and O–H groups in total. The molecule has 0 aromatic carbocycles. The molecular weight excluding hydrogens is 589 g/mol. The van der Waals surface area contributed by atoms with Crippen molar-refractivity contribution >= 4 is 51.5 Å². The van der Waals surface area contributed by atoms with Gasteiger partial charge < -0.3 is 19.5 Å². The van der Waals surface area contributed by atoms with Crippen LogP contribution in [0.2, 0.25) is 0 Å². The molecule has 6 nitrogen and oxygen atoms in total. The Morgan fingerprint density at radius 1 is 1.08 bits per heavy atom. The number of anilines is 1. The van der Waals surface area contributed by atoms with E-state index >= 15 is 0 Å². The number of hydrogen-bond donors (Lipinski definition) is 1. The Balaban J connectivity index is 1.60. The second-order valence-corrected chi connectivity index (χ2v) is 14.2. The van der Waals surface area contributed by atoms with Gasteiger partial charge in [0.15, 0.2) is 0 Å². The van der Waals surface area contributed by atoms with E-state index < -0.39 is 5.97 Å². The number of hydrogen-bond acceptors (Lipinski definition) is 5. The van der Waals surface area contributed by atoms with Gasteiger partial charge in [-0.15, -0.1) is 11.3 Å². The Morgan fingerprint density at radius 2 is 1.78 bits per heavy atom. The molecule has 1 amide bonds. The first-order valence-corrected chi connectivity index (χ1v) is 15.3.